The first-order valence-electron chi connectivity index (χ1n) is 6.83. The maximum atomic E-state index is 12.3. The Labute approximate surface area is 113 Å². The molecular formula is C14H21NO4. The van der Waals surface area contributed by atoms with Crippen molar-refractivity contribution in [3.63, 3.8) is 0 Å². The second kappa shape index (κ2) is 5.74. The zero-order valence-corrected chi connectivity index (χ0v) is 11.3. The van der Waals surface area contributed by atoms with Gasteiger partial charge in [0.15, 0.2) is 0 Å². The first-order chi connectivity index (χ1) is 9.02. The highest BCUT2D eigenvalue weighted by atomic mass is 16.5. The van der Waals surface area contributed by atoms with Gasteiger partial charge in [-0.25, -0.2) is 0 Å². The van der Waals surface area contributed by atoms with E-state index in [1.165, 1.54) is 0 Å². The fourth-order valence-corrected chi connectivity index (χ4v) is 2.92. The molecule has 2 aliphatic rings. The van der Waals surface area contributed by atoms with E-state index in [1.54, 1.807) is 0 Å². The van der Waals surface area contributed by atoms with Crippen LogP contribution < -0.4 is 5.32 Å². The second-order valence-corrected chi connectivity index (χ2v) is 5.53. The Bertz CT molecular complexity index is 408. The van der Waals surface area contributed by atoms with Crippen molar-refractivity contribution < 1.29 is 19.4 Å². The Kier molecular flexibility index (Phi) is 4.24. The fourth-order valence-electron chi connectivity index (χ4n) is 2.92. The van der Waals surface area contributed by atoms with Crippen LogP contribution in [-0.4, -0.2) is 35.7 Å². The van der Waals surface area contributed by atoms with Gasteiger partial charge in [0.25, 0.3) is 0 Å². The molecule has 0 bridgehead atoms. The molecule has 5 heteroatoms. The summed E-state index contributed by atoms with van der Waals surface area (Å²) in [5.74, 6) is -0.961. The molecule has 0 spiro atoms. The van der Waals surface area contributed by atoms with Crippen molar-refractivity contribution in [2.75, 3.05) is 13.2 Å². The third kappa shape index (κ3) is 3.35. The summed E-state index contributed by atoms with van der Waals surface area (Å²) in [5, 5.41) is 12.0. The number of allylic oxidation sites excluding steroid dienone is 1. The van der Waals surface area contributed by atoms with E-state index in [0.717, 1.165) is 30.4 Å². The topological polar surface area (TPSA) is 75.6 Å². The van der Waals surface area contributed by atoms with Crippen molar-refractivity contribution >= 4 is 11.9 Å². The molecule has 0 radical (unpaired) electrons. The number of carboxylic acids is 1. The van der Waals surface area contributed by atoms with Gasteiger partial charge in [0.05, 0.1) is 12.0 Å². The van der Waals surface area contributed by atoms with Crippen LogP contribution in [0.1, 0.15) is 45.4 Å². The van der Waals surface area contributed by atoms with Gasteiger partial charge in [0.1, 0.15) is 0 Å². The number of carboxylic acid groups (broad SMARTS) is 1. The molecule has 19 heavy (non-hydrogen) atoms. The van der Waals surface area contributed by atoms with Gasteiger partial charge in [-0.2, -0.15) is 0 Å². The Balaban J connectivity index is 2.09. The van der Waals surface area contributed by atoms with Crippen LogP contribution in [0, 0.1) is 0 Å². The van der Waals surface area contributed by atoms with Crippen LogP contribution in [0.4, 0.5) is 0 Å². The van der Waals surface area contributed by atoms with Crippen molar-refractivity contribution in [1.82, 2.24) is 5.32 Å². The lowest BCUT2D eigenvalue weighted by Gasteiger charge is -2.37. The molecule has 106 valence electrons. The number of hydrogen-bond acceptors (Lipinski definition) is 3. The van der Waals surface area contributed by atoms with Crippen LogP contribution in [0.15, 0.2) is 11.1 Å². The maximum absolute atomic E-state index is 12.3. The Morgan fingerprint density at radius 2 is 2.00 bits per heavy atom. The van der Waals surface area contributed by atoms with Gasteiger partial charge >= 0.3 is 5.97 Å². The monoisotopic (exact) mass is 267 g/mol. The summed E-state index contributed by atoms with van der Waals surface area (Å²) in [6.45, 7) is 2.99. The smallest absolute Gasteiger partial charge is 0.305 e. The molecule has 0 aromatic carbocycles. The highest BCUT2D eigenvalue weighted by Gasteiger charge is 2.37. The third-order valence-electron chi connectivity index (χ3n) is 4.09. The standard InChI is InChI=1S/C14H21NO4/c1-10-3-2-4-11(10)13(18)15-14(9-12(16)17)5-7-19-8-6-14/h2-9H2,1H3,(H,15,18)(H,16,17). The summed E-state index contributed by atoms with van der Waals surface area (Å²) in [6, 6.07) is 0. The molecule has 0 aromatic heterocycles. The number of nitrogens with one attached hydrogen (secondary N) is 1. The normalized spacial score (nSPS) is 22.4. The lowest BCUT2D eigenvalue weighted by atomic mass is 9.86. The summed E-state index contributed by atoms with van der Waals surface area (Å²) in [4.78, 5) is 23.3. The van der Waals surface area contributed by atoms with Crippen LogP contribution in [-0.2, 0) is 14.3 Å². The summed E-state index contributed by atoms with van der Waals surface area (Å²) in [5.41, 5.74) is 1.34. The zero-order valence-electron chi connectivity index (χ0n) is 11.3. The predicted molar refractivity (Wildman–Crippen MR) is 69.7 cm³/mol. The van der Waals surface area contributed by atoms with Crippen molar-refractivity contribution in [2.24, 2.45) is 0 Å². The molecule has 2 N–H and O–H groups in total. The number of ether oxygens (including phenoxy) is 1. The first kappa shape index (κ1) is 14.1. The minimum Gasteiger partial charge on any atom is -0.481 e. The molecule has 1 aliphatic heterocycles. The molecule has 5 nitrogen and oxygen atoms in total. The Morgan fingerprint density at radius 1 is 1.32 bits per heavy atom. The quantitative estimate of drug-likeness (QED) is 0.811. The van der Waals surface area contributed by atoms with Crippen molar-refractivity contribution in [2.45, 2.75) is 51.0 Å². The molecule has 0 unspecified atom stereocenters. The van der Waals surface area contributed by atoms with E-state index in [4.69, 9.17) is 9.84 Å². The highest BCUT2D eigenvalue weighted by molar-refractivity contribution is 5.95. The minimum absolute atomic E-state index is 0.0333. The summed E-state index contributed by atoms with van der Waals surface area (Å²) in [6.07, 6.45) is 3.89. The molecule has 1 heterocycles. The Hall–Kier alpha value is -1.36. The summed E-state index contributed by atoms with van der Waals surface area (Å²) in [7, 11) is 0. The van der Waals surface area contributed by atoms with Gasteiger partial charge < -0.3 is 15.2 Å². The number of amides is 1. The molecule has 1 aliphatic carbocycles. The number of hydrogen-bond donors (Lipinski definition) is 2. The van der Waals surface area contributed by atoms with E-state index in [2.05, 4.69) is 5.32 Å². The number of carbonyl (C=O) groups excluding carboxylic acids is 1. The molecule has 2 rings (SSSR count). The largest absolute Gasteiger partial charge is 0.481 e. The minimum atomic E-state index is -0.876. The van der Waals surface area contributed by atoms with Gasteiger partial charge in [-0.1, -0.05) is 5.57 Å². The van der Waals surface area contributed by atoms with Crippen LogP contribution >= 0.6 is 0 Å². The molecule has 1 fully saturated rings. The van der Waals surface area contributed by atoms with E-state index in [9.17, 15) is 9.59 Å². The van der Waals surface area contributed by atoms with Gasteiger partial charge in [0, 0.05) is 18.8 Å². The van der Waals surface area contributed by atoms with Crippen LogP contribution in [0.3, 0.4) is 0 Å². The third-order valence-corrected chi connectivity index (χ3v) is 4.09. The van der Waals surface area contributed by atoms with Crippen LogP contribution in [0.25, 0.3) is 0 Å². The van der Waals surface area contributed by atoms with Gasteiger partial charge in [-0.3, -0.25) is 9.59 Å². The summed E-state index contributed by atoms with van der Waals surface area (Å²) >= 11 is 0. The lowest BCUT2D eigenvalue weighted by Crippen LogP contribution is -2.53. The molecule has 1 amide bonds. The molecule has 0 saturated carbocycles. The average Bonchev–Trinajstić information content (AvgIpc) is 2.75. The average molecular weight is 267 g/mol. The molecule has 0 atom stereocenters. The van der Waals surface area contributed by atoms with Crippen molar-refractivity contribution in [3.8, 4) is 0 Å². The highest BCUT2D eigenvalue weighted by Crippen LogP contribution is 2.29. The van der Waals surface area contributed by atoms with Crippen LogP contribution in [0.5, 0.6) is 0 Å². The number of aliphatic carboxylic acids is 1. The Morgan fingerprint density at radius 3 is 2.53 bits per heavy atom. The van der Waals surface area contributed by atoms with E-state index >= 15 is 0 Å². The van der Waals surface area contributed by atoms with Gasteiger partial charge in [-0.15, -0.1) is 0 Å². The molecule has 1 saturated heterocycles. The first-order valence-corrected chi connectivity index (χ1v) is 6.83. The molecule has 0 aromatic rings. The van der Waals surface area contributed by atoms with Crippen molar-refractivity contribution in [1.29, 1.82) is 0 Å². The predicted octanol–water partition coefficient (Wildman–Crippen LogP) is 1.63. The SMILES string of the molecule is CC1=C(C(=O)NC2(CC(=O)O)CCOCC2)CCC1. The summed E-state index contributed by atoms with van der Waals surface area (Å²) < 4.78 is 5.28. The van der Waals surface area contributed by atoms with Crippen LogP contribution in [0.2, 0.25) is 0 Å². The maximum Gasteiger partial charge on any atom is 0.305 e. The van der Waals surface area contributed by atoms with Crippen molar-refractivity contribution in [3.05, 3.63) is 11.1 Å². The van der Waals surface area contributed by atoms with E-state index < -0.39 is 11.5 Å². The van der Waals surface area contributed by atoms with Gasteiger partial charge in [-0.05, 0) is 39.0 Å². The second-order valence-electron chi connectivity index (χ2n) is 5.53. The number of rotatable bonds is 4. The van der Waals surface area contributed by atoms with E-state index in [1.807, 2.05) is 6.92 Å². The molecular weight excluding hydrogens is 246 g/mol. The van der Waals surface area contributed by atoms with Gasteiger partial charge in [0.2, 0.25) is 5.91 Å². The lowest BCUT2D eigenvalue weighted by molar-refractivity contribution is -0.140. The van der Waals surface area contributed by atoms with E-state index in [0.29, 0.717) is 26.1 Å². The zero-order chi connectivity index (χ0) is 13.9. The fraction of sp³-hybridized carbons (Fsp3) is 0.714. The van der Waals surface area contributed by atoms with E-state index in [-0.39, 0.29) is 12.3 Å². The number of carbonyl (C=O) groups is 2.